The van der Waals surface area contributed by atoms with Gasteiger partial charge in [0, 0.05) is 27.7 Å². The number of imidazole rings is 1. The van der Waals surface area contributed by atoms with Gasteiger partial charge in [-0.05, 0) is 42.0 Å². The molecule has 0 amide bonds. The summed E-state index contributed by atoms with van der Waals surface area (Å²) in [4.78, 5) is 16.8. The third kappa shape index (κ3) is 3.68. The Hall–Kier alpha value is -2.63. The summed E-state index contributed by atoms with van der Waals surface area (Å²) < 4.78 is 7.80. The molecule has 0 saturated carbocycles. The first-order valence-corrected chi connectivity index (χ1v) is 9.82. The maximum atomic E-state index is 12.0. The maximum Gasteiger partial charge on any atom is 0.339 e. The molecule has 0 N–H and O–H groups in total. The molecule has 0 aliphatic heterocycles. The highest BCUT2D eigenvalue weighted by atomic mass is 79.9. The summed E-state index contributed by atoms with van der Waals surface area (Å²) in [6.07, 6.45) is 2.39. The molecule has 0 atom stereocenters. The number of methoxy groups -OCH3 is 1. The largest absolute Gasteiger partial charge is 0.465 e. The average Bonchev–Trinajstić information content (AvgIpc) is 3.05. The minimum atomic E-state index is -0.381. The number of rotatable bonds is 4. The molecule has 4 rings (SSSR count). The van der Waals surface area contributed by atoms with E-state index in [0.29, 0.717) is 17.0 Å². The number of aromatic nitrogens is 2. The molecular weight excluding hydrogens is 440 g/mol. The van der Waals surface area contributed by atoms with Crippen molar-refractivity contribution in [1.29, 1.82) is 0 Å². The Labute approximate surface area is 175 Å². The molecule has 2 aromatic heterocycles. The van der Waals surface area contributed by atoms with Gasteiger partial charge in [0.25, 0.3) is 0 Å². The van der Waals surface area contributed by atoms with Crippen molar-refractivity contribution in [2.24, 2.45) is 0 Å². The summed E-state index contributed by atoms with van der Waals surface area (Å²) in [7, 11) is 1.38. The minimum absolute atomic E-state index is 0.381. The van der Waals surface area contributed by atoms with Crippen LogP contribution in [0, 0.1) is 0 Å². The zero-order valence-corrected chi connectivity index (χ0v) is 17.4. The number of fused-ring (bicyclic) bond motifs is 1. The number of ether oxygens (including phenoxy) is 1. The molecule has 0 fully saturated rings. The van der Waals surface area contributed by atoms with E-state index in [-0.39, 0.29) is 5.97 Å². The number of hydrogen-bond donors (Lipinski definition) is 0. The van der Waals surface area contributed by atoms with Gasteiger partial charge in [0.2, 0.25) is 0 Å². The number of hydrogen-bond acceptors (Lipinski definition) is 3. The van der Waals surface area contributed by atoms with Gasteiger partial charge in [0.1, 0.15) is 5.65 Å². The van der Waals surface area contributed by atoms with Crippen molar-refractivity contribution >= 4 is 39.1 Å². The highest BCUT2D eigenvalue weighted by Crippen LogP contribution is 2.29. The van der Waals surface area contributed by atoms with Crippen molar-refractivity contribution in [2.75, 3.05) is 7.11 Å². The zero-order chi connectivity index (χ0) is 19.7. The van der Waals surface area contributed by atoms with Crippen LogP contribution in [-0.4, -0.2) is 22.5 Å². The lowest BCUT2D eigenvalue weighted by molar-refractivity contribution is 0.0600. The molecule has 0 saturated heterocycles. The lowest BCUT2D eigenvalue weighted by atomic mass is 10.0. The van der Waals surface area contributed by atoms with Crippen LogP contribution in [0.15, 0.2) is 71.3 Å². The molecule has 140 valence electrons. The van der Waals surface area contributed by atoms with E-state index in [9.17, 15) is 4.79 Å². The third-order valence-corrected chi connectivity index (χ3v) is 5.23. The molecule has 6 heteroatoms. The van der Waals surface area contributed by atoms with E-state index < -0.39 is 0 Å². The summed E-state index contributed by atoms with van der Waals surface area (Å²) in [5.74, 6) is -0.381. The molecule has 0 radical (unpaired) electrons. The van der Waals surface area contributed by atoms with Crippen LogP contribution in [0.1, 0.15) is 21.6 Å². The lowest BCUT2D eigenvalue weighted by Crippen LogP contribution is -2.04. The van der Waals surface area contributed by atoms with Crippen molar-refractivity contribution in [1.82, 2.24) is 9.38 Å². The van der Waals surface area contributed by atoms with Crippen LogP contribution in [0.25, 0.3) is 16.9 Å². The summed E-state index contributed by atoms with van der Waals surface area (Å²) in [5.41, 5.74) is 5.13. The molecule has 2 aromatic carbocycles. The quantitative estimate of drug-likeness (QED) is 0.366. The van der Waals surface area contributed by atoms with Crippen molar-refractivity contribution in [3.05, 3.63) is 93.2 Å². The number of carbonyl (C=O) groups excluding carboxylic acids is 1. The Morgan fingerprint density at radius 1 is 1.14 bits per heavy atom. The van der Waals surface area contributed by atoms with E-state index >= 15 is 0 Å². The van der Waals surface area contributed by atoms with Crippen LogP contribution < -0.4 is 0 Å². The molecule has 2 heterocycles. The fourth-order valence-electron chi connectivity index (χ4n) is 3.21. The van der Waals surface area contributed by atoms with Gasteiger partial charge >= 0.3 is 5.97 Å². The van der Waals surface area contributed by atoms with Crippen LogP contribution in [0.4, 0.5) is 0 Å². The fourth-order valence-corrected chi connectivity index (χ4v) is 3.82. The van der Waals surface area contributed by atoms with E-state index in [1.54, 1.807) is 12.3 Å². The first-order chi connectivity index (χ1) is 13.5. The topological polar surface area (TPSA) is 43.6 Å². The van der Waals surface area contributed by atoms with Gasteiger partial charge < -0.3 is 9.14 Å². The monoisotopic (exact) mass is 454 g/mol. The Morgan fingerprint density at radius 2 is 1.96 bits per heavy atom. The van der Waals surface area contributed by atoms with E-state index in [1.807, 2.05) is 59.0 Å². The second-order valence-corrected chi connectivity index (χ2v) is 7.71. The average molecular weight is 456 g/mol. The van der Waals surface area contributed by atoms with Gasteiger partial charge in [-0.25, -0.2) is 9.78 Å². The Balaban J connectivity index is 1.93. The van der Waals surface area contributed by atoms with Gasteiger partial charge in [-0.15, -0.1) is 0 Å². The second kappa shape index (κ2) is 7.78. The SMILES string of the molecule is COC(=O)c1ccc2nc(-c3cccc(Br)c3)c(Cc3cccc(Cl)c3)n2c1. The van der Waals surface area contributed by atoms with E-state index in [2.05, 4.69) is 15.9 Å². The zero-order valence-electron chi connectivity index (χ0n) is 15.0. The predicted molar refractivity (Wildman–Crippen MR) is 114 cm³/mol. The molecular formula is C22H16BrClN2O2. The van der Waals surface area contributed by atoms with Crippen molar-refractivity contribution in [3.63, 3.8) is 0 Å². The van der Waals surface area contributed by atoms with Gasteiger partial charge in [-0.3, -0.25) is 0 Å². The molecule has 0 spiro atoms. The molecule has 0 aliphatic rings. The van der Waals surface area contributed by atoms with Crippen LogP contribution in [0.2, 0.25) is 5.02 Å². The number of esters is 1. The van der Waals surface area contributed by atoms with Crippen LogP contribution >= 0.6 is 27.5 Å². The fraction of sp³-hybridized carbons (Fsp3) is 0.0909. The highest BCUT2D eigenvalue weighted by molar-refractivity contribution is 9.10. The summed E-state index contributed by atoms with van der Waals surface area (Å²) in [6.45, 7) is 0. The number of halogens is 2. The number of nitrogens with zero attached hydrogens (tertiary/aromatic N) is 2. The van der Waals surface area contributed by atoms with Crippen molar-refractivity contribution in [2.45, 2.75) is 6.42 Å². The first-order valence-electron chi connectivity index (χ1n) is 8.65. The molecule has 0 unspecified atom stereocenters. The Kier molecular flexibility index (Phi) is 5.20. The normalized spacial score (nSPS) is 11.0. The van der Waals surface area contributed by atoms with E-state index in [4.69, 9.17) is 21.3 Å². The molecule has 4 aromatic rings. The minimum Gasteiger partial charge on any atom is -0.465 e. The second-order valence-electron chi connectivity index (χ2n) is 6.36. The van der Waals surface area contributed by atoms with E-state index in [1.165, 1.54) is 7.11 Å². The molecule has 0 aliphatic carbocycles. The van der Waals surface area contributed by atoms with Gasteiger partial charge in [0.05, 0.1) is 24.1 Å². The van der Waals surface area contributed by atoms with Crippen LogP contribution in [-0.2, 0) is 11.2 Å². The predicted octanol–water partition coefficient (Wildman–Crippen LogP) is 5.79. The van der Waals surface area contributed by atoms with Gasteiger partial charge in [0.15, 0.2) is 0 Å². The van der Waals surface area contributed by atoms with E-state index in [0.717, 1.165) is 32.6 Å². The van der Waals surface area contributed by atoms with Crippen molar-refractivity contribution < 1.29 is 9.53 Å². The molecule has 0 bridgehead atoms. The standard InChI is InChI=1S/C22H16BrClN2O2/c1-28-22(27)16-8-9-20-25-21(15-5-3-6-17(23)12-15)19(26(20)13-16)11-14-4-2-7-18(24)10-14/h2-10,12-13H,11H2,1H3. The van der Waals surface area contributed by atoms with Crippen LogP contribution in [0.5, 0.6) is 0 Å². The number of benzene rings is 2. The maximum absolute atomic E-state index is 12.0. The van der Waals surface area contributed by atoms with Crippen LogP contribution in [0.3, 0.4) is 0 Å². The Bertz CT molecular complexity index is 1190. The van der Waals surface area contributed by atoms with Gasteiger partial charge in [-0.1, -0.05) is 51.8 Å². The summed E-state index contributed by atoms with van der Waals surface area (Å²) >= 11 is 9.71. The first kappa shape index (κ1) is 18.7. The van der Waals surface area contributed by atoms with Crippen molar-refractivity contribution in [3.8, 4) is 11.3 Å². The summed E-state index contributed by atoms with van der Waals surface area (Å²) in [6, 6.07) is 19.3. The third-order valence-electron chi connectivity index (χ3n) is 4.50. The Morgan fingerprint density at radius 3 is 2.71 bits per heavy atom. The number of carbonyl (C=O) groups is 1. The molecule has 4 nitrogen and oxygen atoms in total. The smallest absolute Gasteiger partial charge is 0.339 e. The lowest BCUT2D eigenvalue weighted by Gasteiger charge is -2.08. The highest BCUT2D eigenvalue weighted by Gasteiger charge is 2.17. The molecule has 28 heavy (non-hydrogen) atoms. The van der Waals surface area contributed by atoms with Gasteiger partial charge in [-0.2, -0.15) is 0 Å². The summed E-state index contributed by atoms with van der Waals surface area (Å²) in [5, 5.41) is 0.686. The number of pyridine rings is 1.